The predicted octanol–water partition coefficient (Wildman–Crippen LogP) is -1.05. The molecule has 0 aliphatic rings. The van der Waals surface area contributed by atoms with Crippen LogP contribution < -0.4 is 21.7 Å². The molecule has 2 heterocycles. The summed E-state index contributed by atoms with van der Waals surface area (Å²) in [5.41, 5.74) is 7.51. The van der Waals surface area contributed by atoms with Gasteiger partial charge in [0.2, 0.25) is 17.7 Å². The van der Waals surface area contributed by atoms with Crippen molar-refractivity contribution in [1.29, 1.82) is 0 Å². The van der Waals surface area contributed by atoms with Crippen LogP contribution in [0, 0.1) is 0 Å². The van der Waals surface area contributed by atoms with E-state index in [1.165, 1.54) is 12.5 Å². The second-order valence-electron chi connectivity index (χ2n) is 8.75. The number of benzene rings is 1. The fourth-order valence-electron chi connectivity index (χ4n) is 3.84. The quantitative estimate of drug-likeness (QED) is 0.109. The van der Waals surface area contributed by atoms with Crippen molar-refractivity contribution in [2.75, 3.05) is 5.75 Å². The van der Waals surface area contributed by atoms with Gasteiger partial charge in [0.25, 0.3) is 0 Å². The number of amides is 3. The minimum Gasteiger partial charge on any atom is -0.481 e. The number of carboxylic acids is 2. The Morgan fingerprint density at radius 1 is 0.923 bits per heavy atom. The Kier molecular flexibility index (Phi) is 10.1. The number of H-pyrrole nitrogens is 2. The molecule has 9 N–H and O–H groups in total. The van der Waals surface area contributed by atoms with E-state index < -0.39 is 60.2 Å². The number of hydrogen-bond acceptors (Lipinski definition) is 8. The maximum atomic E-state index is 13.3. The Bertz CT molecular complexity index is 1330. The molecule has 2 aromatic heterocycles. The van der Waals surface area contributed by atoms with Crippen molar-refractivity contribution in [1.82, 2.24) is 30.9 Å². The monoisotopic (exact) mass is 559 g/mol. The number of rotatable bonds is 14. The summed E-state index contributed by atoms with van der Waals surface area (Å²) in [6.45, 7) is 0. The van der Waals surface area contributed by atoms with Crippen LogP contribution in [0.25, 0.3) is 10.9 Å². The largest absolute Gasteiger partial charge is 0.481 e. The molecule has 0 spiro atoms. The summed E-state index contributed by atoms with van der Waals surface area (Å²) < 4.78 is 0. The van der Waals surface area contributed by atoms with Gasteiger partial charge in [-0.3, -0.25) is 19.2 Å². The number of aromatic amines is 2. The smallest absolute Gasteiger partial charge is 0.326 e. The molecule has 14 nitrogen and oxygen atoms in total. The lowest BCUT2D eigenvalue weighted by Crippen LogP contribution is -2.58. The van der Waals surface area contributed by atoms with E-state index in [4.69, 9.17) is 5.73 Å². The molecule has 1 aromatic carbocycles. The highest BCUT2D eigenvalue weighted by molar-refractivity contribution is 7.80. The number of imidazole rings is 1. The number of aromatic nitrogens is 3. The number of para-hydroxylation sites is 1. The van der Waals surface area contributed by atoms with E-state index in [0.717, 1.165) is 10.9 Å². The minimum absolute atomic E-state index is 0.0499. The Morgan fingerprint density at radius 2 is 1.59 bits per heavy atom. The Morgan fingerprint density at radius 3 is 2.23 bits per heavy atom. The summed E-state index contributed by atoms with van der Waals surface area (Å²) in [5, 5.41) is 26.9. The molecule has 0 bridgehead atoms. The zero-order valence-electron chi connectivity index (χ0n) is 20.6. The Balaban J connectivity index is 1.86. The van der Waals surface area contributed by atoms with E-state index in [2.05, 4.69) is 43.5 Å². The molecule has 3 rings (SSSR count). The number of carbonyl (C=O) groups excluding carboxylic acids is 3. The SMILES string of the molecule is NC(CS)C(=O)NC(CC(=O)O)C(=O)NC(Cc1c[nH]c2ccccc12)C(=O)NC(Cc1cnc[nH]1)C(=O)O. The Hall–Kier alpha value is -4.37. The van der Waals surface area contributed by atoms with Crippen molar-refractivity contribution in [2.24, 2.45) is 5.73 Å². The average Bonchev–Trinajstić information content (AvgIpc) is 3.56. The van der Waals surface area contributed by atoms with E-state index in [9.17, 15) is 34.2 Å². The number of nitrogens with zero attached hydrogens (tertiary/aromatic N) is 1. The first-order chi connectivity index (χ1) is 18.6. The molecular weight excluding hydrogens is 530 g/mol. The first-order valence-electron chi connectivity index (χ1n) is 11.8. The number of carbonyl (C=O) groups is 5. The number of nitrogens with two attached hydrogens (primary N) is 1. The molecular formula is C24H29N7O7S. The molecule has 0 aliphatic heterocycles. The van der Waals surface area contributed by atoms with E-state index in [-0.39, 0.29) is 18.6 Å². The van der Waals surface area contributed by atoms with Crippen LogP contribution in [0.2, 0.25) is 0 Å². The molecule has 0 saturated carbocycles. The topological polar surface area (TPSA) is 232 Å². The van der Waals surface area contributed by atoms with Crippen molar-refractivity contribution >= 4 is 53.2 Å². The highest BCUT2D eigenvalue weighted by atomic mass is 32.1. The maximum absolute atomic E-state index is 13.3. The maximum Gasteiger partial charge on any atom is 0.326 e. The third-order valence-electron chi connectivity index (χ3n) is 5.87. The van der Waals surface area contributed by atoms with Gasteiger partial charge < -0.3 is 41.9 Å². The van der Waals surface area contributed by atoms with E-state index in [1.807, 2.05) is 18.2 Å². The standard InChI is InChI=1S/C24H29N7O7S/c25-15(10-39)21(34)29-18(7-20(32)33)23(36)30-17(5-12-8-27-16-4-2-1-3-14(12)16)22(35)31-19(24(37)38)6-13-9-26-11-28-13/h1-4,8-9,11,15,17-19,27,39H,5-7,10,25H2,(H,26,28)(H,29,34)(H,30,36)(H,31,35)(H,32,33)(H,37,38). The van der Waals surface area contributed by atoms with Crippen LogP contribution in [-0.4, -0.2) is 84.7 Å². The summed E-state index contributed by atoms with van der Waals surface area (Å²) in [7, 11) is 0. The molecule has 4 atom stereocenters. The van der Waals surface area contributed by atoms with Gasteiger partial charge in [0.15, 0.2) is 0 Å². The molecule has 3 amide bonds. The van der Waals surface area contributed by atoms with E-state index in [1.54, 1.807) is 12.3 Å². The van der Waals surface area contributed by atoms with Gasteiger partial charge in [-0.15, -0.1) is 0 Å². The van der Waals surface area contributed by atoms with Crippen molar-refractivity contribution < 1.29 is 34.2 Å². The lowest BCUT2D eigenvalue weighted by Gasteiger charge is -2.24. The van der Waals surface area contributed by atoms with Gasteiger partial charge in [-0.25, -0.2) is 9.78 Å². The van der Waals surface area contributed by atoms with Gasteiger partial charge in [0, 0.05) is 47.6 Å². The second-order valence-corrected chi connectivity index (χ2v) is 9.12. The molecule has 4 unspecified atom stereocenters. The molecule has 0 aliphatic carbocycles. The predicted molar refractivity (Wildman–Crippen MR) is 142 cm³/mol. The number of hydrogen-bond donors (Lipinski definition) is 9. The lowest BCUT2D eigenvalue weighted by molar-refractivity contribution is -0.143. The first-order valence-corrected chi connectivity index (χ1v) is 12.5. The van der Waals surface area contributed by atoms with E-state index >= 15 is 0 Å². The van der Waals surface area contributed by atoms with Crippen molar-refractivity contribution in [3.8, 4) is 0 Å². The molecule has 15 heteroatoms. The van der Waals surface area contributed by atoms with Gasteiger partial charge in [-0.1, -0.05) is 18.2 Å². The van der Waals surface area contributed by atoms with Crippen molar-refractivity contribution in [3.05, 3.63) is 54.2 Å². The third-order valence-corrected chi connectivity index (χ3v) is 6.26. The number of carboxylic acid groups (broad SMARTS) is 2. The van der Waals surface area contributed by atoms with Crippen LogP contribution in [0.4, 0.5) is 0 Å². The van der Waals surface area contributed by atoms with Gasteiger partial charge in [0.05, 0.1) is 18.8 Å². The summed E-state index contributed by atoms with van der Waals surface area (Å²) in [6.07, 6.45) is 3.49. The minimum atomic E-state index is -1.56. The zero-order chi connectivity index (χ0) is 28.5. The third kappa shape index (κ3) is 8.05. The molecule has 0 fully saturated rings. The molecule has 39 heavy (non-hydrogen) atoms. The van der Waals surface area contributed by atoms with Gasteiger partial charge in [-0.2, -0.15) is 12.6 Å². The van der Waals surface area contributed by atoms with Crippen LogP contribution >= 0.6 is 12.6 Å². The zero-order valence-corrected chi connectivity index (χ0v) is 21.5. The molecule has 208 valence electrons. The molecule has 0 radical (unpaired) electrons. The second kappa shape index (κ2) is 13.4. The molecule has 3 aromatic rings. The summed E-state index contributed by atoms with van der Waals surface area (Å²) >= 11 is 3.93. The highest BCUT2D eigenvalue weighted by Gasteiger charge is 2.32. The van der Waals surface area contributed by atoms with Crippen molar-refractivity contribution in [2.45, 2.75) is 43.4 Å². The fourth-order valence-corrected chi connectivity index (χ4v) is 4.00. The first kappa shape index (κ1) is 29.2. The highest BCUT2D eigenvalue weighted by Crippen LogP contribution is 2.19. The van der Waals surface area contributed by atoms with Gasteiger partial charge in [0.1, 0.15) is 18.1 Å². The fraction of sp³-hybridized carbons (Fsp3) is 0.333. The summed E-state index contributed by atoms with van der Waals surface area (Å²) in [5.74, 6) is -5.32. The number of nitrogens with one attached hydrogen (secondary N) is 5. The molecule has 0 saturated heterocycles. The average molecular weight is 560 g/mol. The number of fused-ring (bicyclic) bond motifs is 1. The van der Waals surface area contributed by atoms with Crippen LogP contribution in [-0.2, 0) is 36.8 Å². The van der Waals surface area contributed by atoms with Crippen LogP contribution in [0.1, 0.15) is 17.7 Å². The van der Waals surface area contributed by atoms with Crippen LogP contribution in [0.3, 0.4) is 0 Å². The number of thiol groups is 1. The summed E-state index contributed by atoms with van der Waals surface area (Å²) in [6, 6.07) is 1.90. The van der Waals surface area contributed by atoms with Crippen LogP contribution in [0.15, 0.2) is 43.0 Å². The van der Waals surface area contributed by atoms with Gasteiger partial charge >= 0.3 is 11.9 Å². The van der Waals surface area contributed by atoms with Gasteiger partial charge in [-0.05, 0) is 11.6 Å². The van der Waals surface area contributed by atoms with E-state index in [0.29, 0.717) is 11.3 Å². The van der Waals surface area contributed by atoms with Crippen LogP contribution in [0.5, 0.6) is 0 Å². The lowest BCUT2D eigenvalue weighted by atomic mass is 10.0. The normalized spacial score (nSPS) is 14.1. The number of aliphatic carboxylic acids is 2. The van der Waals surface area contributed by atoms with Crippen molar-refractivity contribution in [3.63, 3.8) is 0 Å². The summed E-state index contributed by atoms with van der Waals surface area (Å²) in [4.78, 5) is 71.7. The Labute approximate surface area is 227 Å².